The van der Waals surface area contributed by atoms with Crippen molar-refractivity contribution in [1.29, 1.82) is 0 Å². The normalized spacial score (nSPS) is 14.8. The van der Waals surface area contributed by atoms with Gasteiger partial charge in [0.1, 0.15) is 12.2 Å². The Balaban J connectivity index is 3.84. The first-order chi connectivity index (χ1) is 19.5. The minimum absolute atomic E-state index is 0.349. The topological polar surface area (TPSA) is 110 Å². The van der Waals surface area contributed by atoms with Crippen LogP contribution in [0.15, 0.2) is 12.2 Å². The van der Waals surface area contributed by atoms with Crippen molar-refractivity contribution in [2.24, 2.45) is 0 Å². The molecule has 40 heavy (non-hydrogen) atoms. The predicted molar refractivity (Wildman–Crippen MR) is 168 cm³/mol. The van der Waals surface area contributed by atoms with E-state index in [1.54, 1.807) is 0 Å². The maximum Gasteiger partial charge on any atom is 0.249 e. The summed E-state index contributed by atoms with van der Waals surface area (Å²) in [5, 5.41) is 43.2. The number of hydrogen-bond donors (Lipinski definition) is 5. The molecule has 0 saturated heterocycles. The number of allylic oxidation sites excluding steroid dienone is 2. The second-order valence-electron chi connectivity index (χ2n) is 11.9. The molecule has 0 rings (SSSR count). The number of aliphatic hydroxyl groups is 4. The number of rotatable bonds is 30. The maximum absolute atomic E-state index is 12.3. The molecule has 1 amide bonds. The van der Waals surface area contributed by atoms with Gasteiger partial charge in [0.2, 0.25) is 5.91 Å². The number of unbranched alkanes of at least 4 members (excludes halogenated alkanes) is 19. The van der Waals surface area contributed by atoms with Crippen LogP contribution < -0.4 is 5.32 Å². The van der Waals surface area contributed by atoms with Gasteiger partial charge in [-0.25, -0.2) is 0 Å². The summed E-state index contributed by atoms with van der Waals surface area (Å²) >= 11 is 0. The van der Waals surface area contributed by atoms with E-state index in [-0.39, 0.29) is 0 Å². The van der Waals surface area contributed by atoms with Crippen molar-refractivity contribution in [2.45, 2.75) is 192 Å². The Kier molecular flexibility index (Phi) is 28.8. The van der Waals surface area contributed by atoms with Gasteiger partial charge in [-0.05, 0) is 32.1 Å². The van der Waals surface area contributed by atoms with Gasteiger partial charge in [0, 0.05) is 0 Å². The van der Waals surface area contributed by atoms with Crippen LogP contribution >= 0.6 is 0 Å². The largest absolute Gasteiger partial charge is 0.394 e. The quantitative estimate of drug-likeness (QED) is 0.0454. The van der Waals surface area contributed by atoms with Crippen molar-refractivity contribution in [3.63, 3.8) is 0 Å². The molecule has 0 aromatic heterocycles. The summed E-state index contributed by atoms with van der Waals surface area (Å²) in [6, 6.07) is -0.984. The minimum atomic E-state index is -1.26. The molecule has 0 heterocycles. The van der Waals surface area contributed by atoms with E-state index in [1.165, 1.54) is 89.9 Å². The highest BCUT2D eigenvalue weighted by Crippen LogP contribution is 2.15. The fourth-order valence-electron chi connectivity index (χ4n) is 5.15. The molecule has 6 nitrogen and oxygen atoms in total. The van der Waals surface area contributed by atoms with E-state index in [2.05, 4.69) is 31.3 Å². The molecule has 4 unspecified atom stereocenters. The Morgan fingerprint density at radius 2 is 1.02 bits per heavy atom. The Labute approximate surface area is 247 Å². The lowest BCUT2D eigenvalue weighted by molar-refractivity contribution is -0.132. The molecule has 0 saturated carbocycles. The average molecular weight is 570 g/mol. The Bertz CT molecular complexity index is 571. The van der Waals surface area contributed by atoms with Crippen molar-refractivity contribution in [1.82, 2.24) is 5.32 Å². The average Bonchev–Trinajstić information content (AvgIpc) is 2.96. The van der Waals surface area contributed by atoms with Crippen LogP contribution in [0.1, 0.15) is 168 Å². The first-order valence-corrected chi connectivity index (χ1v) is 17.1. The molecule has 0 aliphatic heterocycles. The molecule has 0 spiro atoms. The van der Waals surface area contributed by atoms with Gasteiger partial charge in [-0.2, -0.15) is 0 Å². The van der Waals surface area contributed by atoms with Crippen LogP contribution in [-0.2, 0) is 4.79 Å². The van der Waals surface area contributed by atoms with E-state index >= 15 is 0 Å². The maximum atomic E-state index is 12.3. The van der Waals surface area contributed by atoms with Crippen LogP contribution in [0.25, 0.3) is 0 Å². The zero-order valence-corrected chi connectivity index (χ0v) is 26.3. The monoisotopic (exact) mass is 570 g/mol. The summed E-state index contributed by atoms with van der Waals surface area (Å²) in [6.45, 7) is 3.96. The number of nitrogens with one attached hydrogen (secondary N) is 1. The van der Waals surface area contributed by atoms with Crippen molar-refractivity contribution >= 4 is 5.91 Å². The van der Waals surface area contributed by atoms with Crippen LogP contribution in [0.4, 0.5) is 0 Å². The molecular weight excluding hydrogens is 502 g/mol. The molecule has 4 atom stereocenters. The molecule has 0 aromatic rings. The molecule has 0 aromatic carbocycles. The molecule has 6 heteroatoms. The van der Waals surface area contributed by atoms with E-state index in [9.17, 15) is 25.2 Å². The van der Waals surface area contributed by atoms with Gasteiger partial charge in [0.05, 0.1) is 18.8 Å². The standard InChI is InChI=1S/C34H67NO5/c1-3-5-7-9-11-13-14-15-16-17-18-20-21-23-25-27-31(37)33(39)30(29-36)35-34(40)32(38)28-26-24-22-19-12-10-8-6-4-2/h10,12,30-33,36-39H,3-9,11,13-29H2,1-2H3,(H,35,40)/b12-10-. The van der Waals surface area contributed by atoms with Gasteiger partial charge in [0.25, 0.3) is 0 Å². The highest BCUT2D eigenvalue weighted by molar-refractivity contribution is 5.80. The molecule has 0 bridgehead atoms. The lowest BCUT2D eigenvalue weighted by atomic mass is 9.99. The third-order valence-electron chi connectivity index (χ3n) is 7.98. The van der Waals surface area contributed by atoms with Crippen LogP contribution in [0.2, 0.25) is 0 Å². The van der Waals surface area contributed by atoms with Crippen molar-refractivity contribution in [3.05, 3.63) is 12.2 Å². The van der Waals surface area contributed by atoms with E-state index < -0.39 is 36.9 Å². The second-order valence-corrected chi connectivity index (χ2v) is 11.9. The Hall–Kier alpha value is -0.950. The summed E-state index contributed by atoms with van der Waals surface area (Å²) in [7, 11) is 0. The smallest absolute Gasteiger partial charge is 0.249 e. The van der Waals surface area contributed by atoms with Crippen LogP contribution in [0.3, 0.4) is 0 Å². The Morgan fingerprint density at radius 3 is 1.52 bits per heavy atom. The third kappa shape index (κ3) is 23.7. The highest BCUT2D eigenvalue weighted by atomic mass is 16.3. The van der Waals surface area contributed by atoms with E-state index in [0.29, 0.717) is 12.8 Å². The third-order valence-corrected chi connectivity index (χ3v) is 7.98. The second kappa shape index (κ2) is 29.5. The zero-order chi connectivity index (χ0) is 29.7. The SMILES string of the molecule is CCCC/C=C\CCCCCC(O)C(=O)NC(CO)C(O)C(O)CCCCCCCCCCCCCCCCC. The number of hydrogen-bond acceptors (Lipinski definition) is 5. The first kappa shape index (κ1) is 39.0. The molecule has 238 valence electrons. The van der Waals surface area contributed by atoms with Crippen molar-refractivity contribution in [2.75, 3.05) is 6.61 Å². The van der Waals surface area contributed by atoms with Gasteiger partial charge >= 0.3 is 0 Å². The summed E-state index contributed by atoms with van der Waals surface area (Å²) < 4.78 is 0. The number of amides is 1. The van der Waals surface area contributed by atoms with Gasteiger partial charge in [-0.1, -0.05) is 148 Å². The zero-order valence-electron chi connectivity index (χ0n) is 26.3. The fraction of sp³-hybridized carbons (Fsp3) is 0.912. The van der Waals surface area contributed by atoms with Crippen molar-refractivity contribution in [3.8, 4) is 0 Å². The number of carbonyl (C=O) groups excluding carboxylic acids is 1. The van der Waals surface area contributed by atoms with Crippen LogP contribution in [0, 0.1) is 0 Å². The Morgan fingerprint density at radius 1 is 0.600 bits per heavy atom. The van der Waals surface area contributed by atoms with E-state index in [0.717, 1.165) is 51.4 Å². The van der Waals surface area contributed by atoms with Crippen LogP contribution in [-0.4, -0.2) is 57.3 Å². The van der Waals surface area contributed by atoms with Crippen molar-refractivity contribution < 1.29 is 25.2 Å². The molecule has 0 fully saturated rings. The molecule has 0 aliphatic rings. The molecule has 0 aliphatic carbocycles. The summed E-state index contributed by atoms with van der Waals surface area (Å²) in [5.74, 6) is -0.600. The van der Waals surface area contributed by atoms with E-state index in [1.807, 2.05) is 0 Å². The number of aliphatic hydroxyl groups excluding tert-OH is 4. The summed E-state index contributed by atoms with van der Waals surface area (Å²) in [4.78, 5) is 12.3. The molecular formula is C34H67NO5. The lowest BCUT2D eigenvalue weighted by Crippen LogP contribution is -2.53. The lowest BCUT2D eigenvalue weighted by Gasteiger charge is -2.27. The van der Waals surface area contributed by atoms with Crippen LogP contribution in [0.5, 0.6) is 0 Å². The van der Waals surface area contributed by atoms with Gasteiger partial charge in [-0.15, -0.1) is 0 Å². The number of carbonyl (C=O) groups is 1. The summed E-state index contributed by atoms with van der Waals surface area (Å²) in [6.07, 6.45) is 28.1. The van der Waals surface area contributed by atoms with E-state index in [4.69, 9.17) is 0 Å². The highest BCUT2D eigenvalue weighted by Gasteiger charge is 2.28. The van der Waals surface area contributed by atoms with Gasteiger partial charge in [-0.3, -0.25) is 4.79 Å². The summed E-state index contributed by atoms with van der Waals surface area (Å²) in [5.41, 5.74) is 0. The first-order valence-electron chi connectivity index (χ1n) is 17.1. The van der Waals surface area contributed by atoms with Gasteiger partial charge < -0.3 is 25.7 Å². The molecule has 0 radical (unpaired) electrons. The minimum Gasteiger partial charge on any atom is -0.394 e. The predicted octanol–water partition coefficient (Wildman–Crippen LogP) is 7.50. The van der Waals surface area contributed by atoms with Gasteiger partial charge in [0.15, 0.2) is 0 Å². The molecule has 5 N–H and O–H groups in total. The fourth-order valence-corrected chi connectivity index (χ4v) is 5.15.